The number of rotatable bonds is 4. The van der Waals surface area contributed by atoms with Crippen molar-refractivity contribution in [2.75, 3.05) is 12.4 Å². The van der Waals surface area contributed by atoms with E-state index in [0.29, 0.717) is 17.4 Å². The first-order valence-corrected chi connectivity index (χ1v) is 7.93. The molecule has 0 fully saturated rings. The monoisotopic (exact) mass is 307 g/mol. The van der Waals surface area contributed by atoms with E-state index in [1.54, 1.807) is 0 Å². The van der Waals surface area contributed by atoms with Crippen LogP contribution < -0.4 is 9.84 Å². The number of fused-ring (bicyclic) bond motifs is 1. The molecule has 1 aromatic heterocycles. The molecule has 0 aliphatic carbocycles. The Morgan fingerprint density at radius 1 is 1.55 bits per heavy atom. The van der Waals surface area contributed by atoms with Crippen molar-refractivity contribution in [3.8, 4) is 5.75 Å². The topological polar surface area (TPSA) is 74.6 Å². The van der Waals surface area contributed by atoms with Gasteiger partial charge in [-0.25, -0.2) is 4.98 Å². The van der Waals surface area contributed by atoms with Crippen LogP contribution in [0.4, 0.5) is 0 Å². The van der Waals surface area contributed by atoms with E-state index < -0.39 is 12.0 Å². The normalized spacial score (nSPS) is 18.2. The third-order valence-electron chi connectivity index (χ3n) is 2.78. The van der Waals surface area contributed by atoms with E-state index in [4.69, 9.17) is 4.74 Å². The molecule has 1 aliphatic heterocycles. The molecule has 0 N–H and O–H groups in total. The SMILES string of the molecule is CCOc1ccc2nc(C3=N[C@@H](C(=O)[O-])CS3)sc2c1. The van der Waals surface area contributed by atoms with Crippen molar-refractivity contribution in [1.29, 1.82) is 0 Å². The molecular weight excluding hydrogens is 296 g/mol. The molecule has 3 rings (SSSR count). The van der Waals surface area contributed by atoms with Crippen LogP contribution in [0.25, 0.3) is 10.2 Å². The summed E-state index contributed by atoms with van der Waals surface area (Å²) in [6, 6.07) is 4.96. The van der Waals surface area contributed by atoms with Crippen LogP contribution in [0.15, 0.2) is 23.2 Å². The van der Waals surface area contributed by atoms with Crippen molar-refractivity contribution in [3.63, 3.8) is 0 Å². The summed E-state index contributed by atoms with van der Waals surface area (Å²) >= 11 is 2.90. The Balaban J connectivity index is 1.93. The highest BCUT2D eigenvalue weighted by Gasteiger charge is 2.22. The molecule has 7 heteroatoms. The average molecular weight is 307 g/mol. The number of aliphatic imine (C=N–C) groups is 1. The average Bonchev–Trinajstić information content (AvgIpc) is 3.05. The quantitative estimate of drug-likeness (QED) is 0.851. The summed E-state index contributed by atoms with van der Waals surface area (Å²) in [5.41, 5.74) is 0.869. The molecule has 5 nitrogen and oxygen atoms in total. The second kappa shape index (κ2) is 5.41. The number of carboxylic acids is 1. The number of thioether (sulfide) groups is 1. The Labute approximate surface area is 123 Å². The van der Waals surface area contributed by atoms with E-state index in [9.17, 15) is 9.90 Å². The van der Waals surface area contributed by atoms with Gasteiger partial charge in [0.2, 0.25) is 0 Å². The van der Waals surface area contributed by atoms with E-state index in [2.05, 4.69) is 9.98 Å². The van der Waals surface area contributed by atoms with Crippen molar-refractivity contribution in [2.45, 2.75) is 13.0 Å². The Morgan fingerprint density at radius 3 is 3.10 bits per heavy atom. The van der Waals surface area contributed by atoms with Crippen LogP contribution in [0.5, 0.6) is 5.75 Å². The highest BCUT2D eigenvalue weighted by molar-refractivity contribution is 8.15. The maximum absolute atomic E-state index is 10.8. The third-order valence-corrected chi connectivity index (χ3v) is 4.99. The van der Waals surface area contributed by atoms with Crippen LogP contribution in [-0.4, -0.2) is 34.4 Å². The molecule has 2 heterocycles. The van der Waals surface area contributed by atoms with Crippen LogP contribution in [0.3, 0.4) is 0 Å². The second-order valence-electron chi connectivity index (χ2n) is 4.16. The van der Waals surface area contributed by atoms with Crippen molar-refractivity contribution in [3.05, 3.63) is 23.2 Å². The number of benzene rings is 1. The highest BCUT2D eigenvalue weighted by Crippen LogP contribution is 2.31. The van der Waals surface area contributed by atoms with Crippen LogP contribution in [0, 0.1) is 0 Å². The molecule has 20 heavy (non-hydrogen) atoms. The van der Waals surface area contributed by atoms with Crippen LogP contribution in [0.1, 0.15) is 11.9 Å². The molecule has 0 saturated heterocycles. The standard InChI is InChI=1S/C13H12N2O3S2/c1-2-18-7-3-4-8-10(5-7)20-12(14-8)11-15-9(6-19-11)13(16)17/h3-5,9H,2,6H2,1H3,(H,16,17)/p-1/t9-/m1/s1. The van der Waals surface area contributed by atoms with E-state index >= 15 is 0 Å². The van der Waals surface area contributed by atoms with E-state index in [0.717, 1.165) is 21.0 Å². The lowest BCUT2D eigenvalue weighted by Crippen LogP contribution is -2.34. The summed E-state index contributed by atoms with van der Waals surface area (Å²) in [7, 11) is 0. The summed E-state index contributed by atoms with van der Waals surface area (Å²) in [6.45, 7) is 2.55. The molecule has 104 valence electrons. The van der Waals surface area contributed by atoms with Gasteiger partial charge in [0.1, 0.15) is 21.8 Å². The zero-order valence-electron chi connectivity index (χ0n) is 10.7. The lowest BCUT2D eigenvalue weighted by atomic mass is 10.3. The first kappa shape index (κ1) is 13.4. The number of aromatic nitrogens is 1. The summed E-state index contributed by atoms with van der Waals surface area (Å²) in [5.74, 6) is 0.0914. The van der Waals surface area contributed by atoms with Gasteiger partial charge in [0.05, 0.1) is 22.8 Å². The number of hydrogen-bond donors (Lipinski definition) is 0. The van der Waals surface area contributed by atoms with Gasteiger partial charge in [-0.3, -0.25) is 4.99 Å². The van der Waals surface area contributed by atoms with Gasteiger partial charge in [0.25, 0.3) is 0 Å². The smallest absolute Gasteiger partial charge is 0.149 e. The number of ether oxygens (including phenoxy) is 1. The van der Waals surface area contributed by atoms with Gasteiger partial charge in [-0.1, -0.05) is 0 Å². The molecule has 0 spiro atoms. The maximum atomic E-state index is 10.8. The minimum atomic E-state index is -1.13. The summed E-state index contributed by atoms with van der Waals surface area (Å²) in [4.78, 5) is 19.4. The fourth-order valence-corrected chi connectivity index (χ4v) is 3.95. The lowest BCUT2D eigenvalue weighted by Gasteiger charge is -2.03. The third kappa shape index (κ3) is 2.51. The zero-order chi connectivity index (χ0) is 14.1. The summed E-state index contributed by atoms with van der Waals surface area (Å²) < 4.78 is 6.46. The van der Waals surface area contributed by atoms with Gasteiger partial charge < -0.3 is 14.6 Å². The van der Waals surface area contributed by atoms with Gasteiger partial charge in [0.15, 0.2) is 0 Å². The van der Waals surface area contributed by atoms with Gasteiger partial charge in [-0.2, -0.15) is 0 Å². The fourth-order valence-electron chi connectivity index (χ4n) is 1.86. The Morgan fingerprint density at radius 2 is 2.40 bits per heavy atom. The summed E-state index contributed by atoms with van der Waals surface area (Å²) in [6.07, 6.45) is 0. The predicted molar refractivity (Wildman–Crippen MR) is 78.6 cm³/mol. The Bertz CT molecular complexity index is 696. The highest BCUT2D eigenvalue weighted by atomic mass is 32.2. The van der Waals surface area contributed by atoms with Crippen LogP contribution in [0.2, 0.25) is 0 Å². The molecule has 0 radical (unpaired) electrons. The number of thiazole rings is 1. The molecule has 0 saturated carbocycles. The van der Waals surface area contributed by atoms with Crippen LogP contribution >= 0.6 is 23.1 Å². The van der Waals surface area contributed by atoms with Gasteiger partial charge in [0, 0.05) is 5.75 Å². The maximum Gasteiger partial charge on any atom is 0.149 e. The molecule has 0 bridgehead atoms. The number of aliphatic carboxylic acids is 1. The summed E-state index contributed by atoms with van der Waals surface area (Å²) in [5, 5.41) is 12.2. The number of carbonyl (C=O) groups excluding carboxylic acids is 1. The first-order valence-electron chi connectivity index (χ1n) is 6.12. The molecule has 2 aromatic rings. The minimum Gasteiger partial charge on any atom is -0.548 e. The fraction of sp³-hybridized carbons (Fsp3) is 0.308. The molecule has 1 atom stereocenters. The van der Waals surface area contributed by atoms with Gasteiger partial charge in [-0.15, -0.1) is 23.1 Å². The van der Waals surface area contributed by atoms with E-state index in [1.807, 2.05) is 25.1 Å². The largest absolute Gasteiger partial charge is 0.548 e. The number of nitrogens with zero attached hydrogens (tertiary/aromatic N) is 2. The minimum absolute atomic E-state index is 0.414. The number of hydrogen-bond acceptors (Lipinski definition) is 7. The van der Waals surface area contributed by atoms with Crippen molar-refractivity contribution < 1.29 is 14.6 Å². The number of carboxylic acid groups (broad SMARTS) is 1. The van der Waals surface area contributed by atoms with Gasteiger partial charge in [-0.05, 0) is 25.1 Å². The van der Waals surface area contributed by atoms with Crippen molar-refractivity contribution in [2.24, 2.45) is 4.99 Å². The van der Waals surface area contributed by atoms with E-state index in [-0.39, 0.29) is 0 Å². The second-order valence-corrected chi connectivity index (χ2v) is 6.20. The lowest BCUT2D eigenvalue weighted by molar-refractivity contribution is -0.306. The van der Waals surface area contributed by atoms with E-state index in [1.165, 1.54) is 23.1 Å². The van der Waals surface area contributed by atoms with Gasteiger partial charge >= 0.3 is 0 Å². The first-order chi connectivity index (χ1) is 9.67. The van der Waals surface area contributed by atoms with Crippen LogP contribution in [-0.2, 0) is 4.79 Å². The van der Waals surface area contributed by atoms with Crippen molar-refractivity contribution in [1.82, 2.24) is 4.98 Å². The predicted octanol–water partition coefficient (Wildman–Crippen LogP) is 1.31. The van der Waals surface area contributed by atoms with Crippen molar-refractivity contribution >= 4 is 44.3 Å². The Kier molecular flexibility index (Phi) is 3.62. The molecule has 0 unspecified atom stereocenters. The molecule has 1 aromatic carbocycles. The molecular formula is C13H11N2O3S2-. The number of carbonyl (C=O) groups is 1. The zero-order valence-corrected chi connectivity index (χ0v) is 12.3. The Hall–Kier alpha value is -1.60. The molecule has 1 aliphatic rings. The molecule has 0 amide bonds.